The van der Waals surface area contributed by atoms with E-state index in [1.54, 1.807) is 19.3 Å². The maximum atomic E-state index is 11.9. The number of aromatic nitrogens is 1. The highest BCUT2D eigenvalue weighted by atomic mass is 16.5. The number of furan rings is 1. The number of hydrogen-bond acceptors (Lipinski definition) is 6. The molecule has 0 saturated carbocycles. The first-order valence-electron chi connectivity index (χ1n) is 6.85. The lowest BCUT2D eigenvalue weighted by atomic mass is 10.2. The van der Waals surface area contributed by atoms with Crippen molar-refractivity contribution >= 4 is 17.5 Å². The van der Waals surface area contributed by atoms with Crippen molar-refractivity contribution in [1.82, 2.24) is 4.98 Å². The van der Waals surface area contributed by atoms with Gasteiger partial charge < -0.3 is 19.8 Å². The Labute approximate surface area is 123 Å². The van der Waals surface area contributed by atoms with Gasteiger partial charge in [0.1, 0.15) is 11.6 Å². The summed E-state index contributed by atoms with van der Waals surface area (Å²) < 4.78 is 10.3. The zero-order chi connectivity index (χ0) is 15.2. The summed E-state index contributed by atoms with van der Waals surface area (Å²) in [4.78, 5) is 18.2. The Morgan fingerprint density at radius 3 is 2.90 bits per heavy atom. The molecule has 0 aliphatic heterocycles. The average Bonchev–Trinajstić information content (AvgIpc) is 2.98. The maximum absolute atomic E-state index is 11.9. The van der Waals surface area contributed by atoms with Crippen molar-refractivity contribution in [2.24, 2.45) is 0 Å². The van der Waals surface area contributed by atoms with Crippen LogP contribution in [0.1, 0.15) is 30.0 Å². The van der Waals surface area contributed by atoms with E-state index in [-0.39, 0.29) is 0 Å². The van der Waals surface area contributed by atoms with Crippen molar-refractivity contribution in [1.29, 1.82) is 0 Å². The standard InChI is InChI=1S/C15H19N3O3/c1-3-18(10-11-6-5-7-21-11)14-8-12(13(16)9-17-14)15(19)20-4-2/h5-9H,3-4,10,16H2,1-2H3. The van der Waals surface area contributed by atoms with E-state index in [0.29, 0.717) is 30.2 Å². The highest BCUT2D eigenvalue weighted by Gasteiger charge is 2.16. The second kappa shape index (κ2) is 6.78. The summed E-state index contributed by atoms with van der Waals surface area (Å²) in [7, 11) is 0. The minimum Gasteiger partial charge on any atom is -0.467 e. The minimum absolute atomic E-state index is 0.305. The molecule has 0 unspecified atom stereocenters. The molecule has 0 radical (unpaired) electrons. The molecule has 0 atom stereocenters. The molecular weight excluding hydrogens is 270 g/mol. The third kappa shape index (κ3) is 3.53. The lowest BCUT2D eigenvalue weighted by Gasteiger charge is -2.21. The molecule has 0 fully saturated rings. The van der Waals surface area contributed by atoms with E-state index in [0.717, 1.165) is 12.3 Å². The van der Waals surface area contributed by atoms with Gasteiger partial charge in [-0.2, -0.15) is 0 Å². The Morgan fingerprint density at radius 2 is 2.29 bits per heavy atom. The first-order chi connectivity index (χ1) is 10.2. The molecule has 0 aliphatic rings. The predicted molar refractivity (Wildman–Crippen MR) is 80.0 cm³/mol. The van der Waals surface area contributed by atoms with Crippen LogP contribution >= 0.6 is 0 Å². The molecule has 0 amide bonds. The number of esters is 1. The molecule has 2 aromatic heterocycles. The second-order valence-electron chi connectivity index (χ2n) is 4.44. The summed E-state index contributed by atoms with van der Waals surface area (Å²) in [5, 5.41) is 0. The molecule has 2 aromatic rings. The molecule has 0 aromatic carbocycles. The number of anilines is 2. The van der Waals surface area contributed by atoms with Gasteiger partial charge in [-0.25, -0.2) is 9.78 Å². The second-order valence-corrected chi connectivity index (χ2v) is 4.44. The van der Waals surface area contributed by atoms with Gasteiger partial charge in [0.15, 0.2) is 0 Å². The van der Waals surface area contributed by atoms with E-state index in [1.165, 1.54) is 6.20 Å². The van der Waals surface area contributed by atoms with Gasteiger partial charge in [-0.05, 0) is 32.0 Å². The van der Waals surface area contributed by atoms with Gasteiger partial charge in [-0.15, -0.1) is 0 Å². The van der Waals surface area contributed by atoms with E-state index in [1.807, 2.05) is 24.0 Å². The normalized spacial score (nSPS) is 10.4. The van der Waals surface area contributed by atoms with Crippen LogP contribution in [-0.2, 0) is 11.3 Å². The van der Waals surface area contributed by atoms with Crippen LogP contribution in [0.5, 0.6) is 0 Å². The van der Waals surface area contributed by atoms with Crippen molar-refractivity contribution < 1.29 is 13.9 Å². The Kier molecular flexibility index (Phi) is 4.81. The van der Waals surface area contributed by atoms with Gasteiger partial charge in [0.2, 0.25) is 0 Å². The number of rotatable bonds is 6. The summed E-state index contributed by atoms with van der Waals surface area (Å²) in [5.74, 6) is 1.05. The molecule has 0 saturated heterocycles. The first kappa shape index (κ1) is 14.9. The summed E-state index contributed by atoms with van der Waals surface area (Å²) >= 11 is 0. The summed E-state index contributed by atoms with van der Waals surface area (Å²) in [6.07, 6.45) is 3.11. The number of nitrogen functional groups attached to an aromatic ring is 1. The van der Waals surface area contributed by atoms with Crippen LogP contribution in [0.3, 0.4) is 0 Å². The fourth-order valence-corrected chi connectivity index (χ4v) is 1.96. The number of hydrogen-bond donors (Lipinski definition) is 1. The minimum atomic E-state index is -0.437. The highest BCUT2D eigenvalue weighted by Crippen LogP contribution is 2.21. The third-order valence-corrected chi connectivity index (χ3v) is 3.05. The van der Waals surface area contributed by atoms with Crippen molar-refractivity contribution in [3.8, 4) is 0 Å². The molecular formula is C15H19N3O3. The van der Waals surface area contributed by atoms with E-state index in [9.17, 15) is 4.79 Å². The number of nitrogens with zero attached hydrogens (tertiary/aromatic N) is 2. The molecule has 0 aliphatic carbocycles. The third-order valence-electron chi connectivity index (χ3n) is 3.05. The molecule has 2 N–H and O–H groups in total. The van der Waals surface area contributed by atoms with Crippen LogP contribution in [0, 0.1) is 0 Å². The van der Waals surface area contributed by atoms with Crippen molar-refractivity contribution in [3.63, 3.8) is 0 Å². The molecule has 2 heterocycles. The largest absolute Gasteiger partial charge is 0.467 e. The van der Waals surface area contributed by atoms with Crippen LogP contribution in [0.4, 0.5) is 11.5 Å². The molecule has 2 rings (SSSR count). The van der Waals surface area contributed by atoms with Gasteiger partial charge >= 0.3 is 5.97 Å². The first-order valence-corrected chi connectivity index (χ1v) is 6.85. The summed E-state index contributed by atoms with van der Waals surface area (Å²) in [6, 6.07) is 5.38. The lowest BCUT2D eigenvalue weighted by Crippen LogP contribution is -2.23. The zero-order valence-corrected chi connectivity index (χ0v) is 12.2. The lowest BCUT2D eigenvalue weighted by molar-refractivity contribution is 0.0527. The number of carbonyl (C=O) groups is 1. The van der Waals surface area contributed by atoms with Crippen molar-refractivity contribution in [2.75, 3.05) is 23.8 Å². The van der Waals surface area contributed by atoms with Crippen LogP contribution < -0.4 is 10.6 Å². The monoisotopic (exact) mass is 289 g/mol. The zero-order valence-electron chi connectivity index (χ0n) is 12.2. The van der Waals surface area contributed by atoms with Crippen LogP contribution in [-0.4, -0.2) is 24.1 Å². The number of ether oxygens (including phenoxy) is 1. The maximum Gasteiger partial charge on any atom is 0.340 e. The van der Waals surface area contributed by atoms with Gasteiger partial charge in [0, 0.05) is 6.54 Å². The Bertz CT molecular complexity index is 596. The number of pyridine rings is 1. The van der Waals surface area contributed by atoms with Crippen LogP contribution in [0.25, 0.3) is 0 Å². The van der Waals surface area contributed by atoms with Gasteiger partial charge in [0.05, 0.1) is 36.9 Å². The van der Waals surface area contributed by atoms with E-state index in [2.05, 4.69) is 4.98 Å². The molecule has 6 heteroatoms. The molecule has 0 spiro atoms. The molecule has 0 bridgehead atoms. The Hall–Kier alpha value is -2.50. The van der Waals surface area contributed by atoms with Gasteiger partial charge in [0.25, 0.3) is 0 Å². The average molecular weight is 289 g/mol. The Morgan fingerprint density at radius 1 is 1.48 bits per heavy atom. The Balaban J connectivity index is 2.25. The highest BCUT2D eigenvalue weighted by molar-refractivity contribution is 5.95. The van der Waals surface area contributed by atoms with E-state index in [4.69, 9.17) is 14.9 Å². The van der Waals surface area contributed by atoms with Gasteiger partial charge in [-0.3, -0.25) is 0 Å². The van der Waals surface area contributed by atoms with Gasteiger partial charge in [-0.1, -0.05) is 0 Å². The SMILES string of the molecule is CCOC(=O)c1cc(N(CC)Cc2ccco2)ncc1N. The molecule has 6 nitrogen and oxygen atoms in total. The number of nitrogens with two attached hydrogens (primary N) is 1. The fraction of sp³-hybridized carbons (Fsp3) is 0.333. The van der Waals surface area contributed by atoms with E-state index < -0.39 is 5.97 Å². The van der Waals surface area contributed by atoms with E-state index >= 15 is 0 Å². The molecule has 112 valence electrons. The van der Waals surface area contributed by atoms with Crippen LogP contribution in [0.2, 0.25) is 0 Å². The fourth-order valence-electron chi connectivity index (χ4n) is 1.96. The molecule has 21 heavy (non-hydrogen) atoms. The van der Waals surface area contributed by atoms with Crippen LogP contribution in [0.15, 0.2) is 35.1 Å². The summed E-state index contributed by atoms with van der Waals surface area (Å²) in [6.45, 7) is 5.36. The topological polar surface area (TPSA) is 81.6 Å². The number of carbonyl (C=O) groups excluding carboxylic acids is 1. The quantitative estimate of drug-likeness (QED) is 0.823. The summed E-state index contributed by atoms with van der Waals surface area (Å²) in [5.41, 5.74) is 6.44. The predicted octanol–water partition coefficient (Wildman–Crippen LogP) is 2.46. The van der Waals surface area contributed by atoms with Crippen molar-refractivity contribution in [3.05, 3.63) is 42.0 Å². The van der Waals surface area contributed by atoms with Crippen molar-refractivity contribution in [2.45, 2.75) is 20.4 Å². The smallest absolute Gasteiger partial charge is 0.340 e.